The van der Waals surface area contributed by atoms with Gasteiger partial charge in [0.1, 0.15) is 12.4 Å². The van der Waals surface area contributed by atoms with Crippen molar-refractivity contribution in [1.82, 2.24) is 24.7 Å². The second-order valence-corrected chi connectivity index (χ2v) is 6.78. The van der Waals surface area contributed by atoms with Crippen LogP contribution in [0.15, 0.2) is 17.2 Å². The lowest BCUT2D eigenvalue weighted by Gasteiger charge is -2.17. The molecule has 2 aromatic rings. The minimum Gasteiger partial charge on any atom is -0.377 e. The van der Waals surface area contributed by atoms with Crippen molar-refractivity contribution in [2.24, 2.45) is 18.9 Å². The summed E-state index contributed by atoms with van der Waals surface area (Å²) in [4.78, 5) is 23.1. The van der Waals surface area contributed by atoms with Gasteiger partial charge in [0.05, 0.1) is 6.33 Å². The molecular formula is C16H22N6O2. The molecule has 0 spiro atoms. The zero-order chi connectivity index (χ0) is 16.7. The number of hydrogen-bond acceptors (Lipinski definition) is 6. The minimum atomic E-state index is -0.0355. The third kappa shape index (κ3) is 2.82. The number of ether oxygens (including phenoxy) is 1. The van der Waals surface area contributed by atoms with Gasteiger partial charge in [0, 0.05) is 39.2 Å². The highest BCUT2D eigenvalue weighted by molar-refractivity contribution is 5.40. The molecule has 1 N–H and O–H groups in total. The average Bonchev–Trinajstić information content (AvgIpc) is 3.15. The molecule has 8 heteroatoms. The normalized spacial score (nSPS) is 23.8. The van der Waals surface area contributed by atoms with Crippen LogP contribution in [0.1, 0.15) is 30.4 Å². The Bertz CT molecular complexity index is 781. The van der Waals surface area contributed by atoms with E-state index in [1.54, 1.807) is 26.6 Å². The van der Waals surface area contributed by atoms with Gasteiger partial charge in [-0.15, -0.1) is 0 Å². The quantitative estimate of drug-likeness (QED) is 0.867. The lowest BCUT2D eigenvalue weighted by molar-refractivity contribution is 0.178. The monoisotopic (exact) mass is 330 g/mol. The maximum Gasteiger partial charge on any atom is 0.255 e. The summed E-state index contributed by atoms with van der Waals surface area (Å²) in [6.07, 6.45) is 4.13. The first-order valence-electron chi connectivity index (χ1n) is 8.33. The first-order chi connectivity index (χ1) is 11.7. The van der Waals surface area contributed by atoms with E-state index in [2.05, 4.69) is 25.1 Å². The molecule has 4 rings (SSSR count). The third-order valence-electron chi connectivity index (χ3n) is 5.04. The Kier molecular flexibility index (Phi) is 3.84. The number of nitrogens with one attached hydrogen (secondary N) is 1. The number of H-pyrrole nitrogens is 1. The van der Waals surface area contributed by atoms with Crippen LogP contribution in [-0.2, 0) is 18.4 Å². The van der Waals surface area contributed by atoms with Crippen LogP contribution in [0.3, 0.4) is 0 Å². The predicted octanol–water partition coefficient (Wildman–Crippen LogP) is 0.675. The highest BCUT2D eigenvalue weighted by atomic mass is 16.5. The lowest BCUT2D eigenvalue weighted by Crippen LogP contribution is -2.25. The summed E-state index contributed by atoms with van der Waals surface area (Å²) in [5, 5.41) is 7.37. The zero-order valence-corrected chi connectivity index (χ0v) is 14.0. The Balaban J connectivity index is 1.59. The molecule has 2 aromatic heterocycles. The average molecular weight is 330 g/mol. The van der Waals surface area contributed by atoms with Crippen molar-refractivity contribution in [3.8, 4) is 0 Å². The second-order valence-electron chi connectivity index (χ2n) is 6.78. The molecule has 1 aliphatic heterocycles. The van der Waals surface area contributed by atoms with E-state index in [0.29, 0.717) is 12.5 Å². The van der Waals surface area contributed by atoms with Crippen LogP contribution >= 0.6 is 0 Å². The first-order valence-corrected chi connectivity index (χ1v) is 8.33. The van der Waals surface area contributed by atoms with Crippen molar-refractivity contribution in [3.63, 3.8) is 0 Å². The summed E-state index contributed by atoms with van der Waals surface area (Å²) >= 11 is 0. The molecule has 3 heterocycles. The number of aromatic amines is 1. The van der Waals surface area contributed by atoms with Crippen LogP contribution in [0.25, 0.3) is 0 Å². The van der Waals surface area contributed by atoms with E-state index in [1.807, 2.05) is 0 Å². The molecule has 128 valence electrons. The molecular weight excluding hydrogens is 308 g/mol. The molecule has 0 radical (unpaired) electrons. The SMILES string of the molecule is COCc1nc([C@H]2CN(c3cc(=O)n(C)cn3)C[C@@H]2C2CC2)n[nH]1. The van der Waals surface area contributed by atoms with Gasteiger partial charge in [-0.25, -0.2) is 9.97 Å². The lowest BCUT2D eigenvalue weighted by atomic mass is 9.91. The molecule has 1 aliphatic carbocycles. The van der Waals surface area contributed by atoms with Crippen LogP contribution < -0.4 is 10.5 Å². The number of aryl methyl sites for hydroxylation is 1. The van der Waals surface area contributed by atoms with Crippen molar-refractivity contribution in [1.29, 1.82) is 0 Å². The van der Waals surface area contributed by atoms with E-state index in [9.17, 15) is 4.79 Å². The van der Waals surface area contributed by atoms with Gasteiger partial charge in [-0.05, 0) is 24.7 Å². The summed E-state index contributed by atoms with van der Waals surface area (Å²) in [5.41, 5.74) is -0.0355. The van der Waals surface area contributed by atoms with Crippen molar-refractivity contribution in [2.75, 3.05) is 25.1 Å². The van der Waals surface area contributed by atoms with Gasteiger partial charge >= 0.3 is 0 Å². The second kappa shape index (κ2) is 6.01. The Morgan fingerprint density at radius 3 is 2.92 bits per heavy atom. The van der Waals surface area contributed by atoms with Gasteiger partial charge < -0.3 is 14.2 Å². The van der Waals surface area contributed by atoms with E-state index in [4.69, 9.17) is 4.74 Å². The third-order valence-corrected chi connectivity index (χ3v) is 5.04. The Labute approximate surface area is 139 Å². The standard InChI is InChI=1S/C16H22N6O2/c1-21-9-17-14(5-15(21)23)22-6-11(10-3-4-10)12(7-22)16-18-13(8-24-2)19-20-16/h5,9-12H,3-4,6-8H2,1-2H3,(H,18,19,20)/t11-,12+/m1/s1. The maximum atomic E-state index is 11.9. The van der Waals surface area contributed by atoms with E-state index in [-0.39, 0.29) is 11.5 Å². The molecule has 1 saturated heterocycles. The van der Waals surface area contributed by atoms with Gasteiger partial charge in [0.2, 0.25) is 0 Å². The molecule has 0 bridgehead atoms. The fourth-order valence-electron chi connectivity index (χ4n) is 3.59. The van der Waals surface area contributed by atoms with Crippen LogP contribution in [0.5, 0.6) is 0 Å². The van der Waals surface area contributed by atoms with Gasteiger partial charge in [0.25, 0.3) is 5.56 Å². The Hall–Kier alpha value is -2.22. The Morgan fingerprint density at radius 1 is 1.38 bits per heavy atom. The molecule has 0 unspecified atom stereocenters. The summed E-state index contributed by atoms with van der Waals surface area (Å²) in [6, 6.07) is 1.61. The topological polar surface area (TPSA) is 88.9 Å². The number of hydrogen-bond donors (Lipinski definition) is 1. The summed E-state index contributed by atoms with van der Waals surface area (Å²) in [6.45, 7) is 2.14. The van der Waals surface area contributed by atoms with Gasteiger partial charge in [-0.1, -0.05) is 0 Å². The number of nitrogens with zero attached hydrogens (tertiary/aromatic N) is 5. The minimum absolute atomic E-state index is 0.0355. The van der Waals surface area contributed by atoms with Crippen LogP contribution in [0.4, 0.5) is 5.82 Å². The number of methoxy groups -OCH3 is 1. The molecule has 1 saturated carbocycles. The molecule has 8 nitrogen and oxygen atoms in total. The molecule has 24 heavy (non-hydrogen) atoms. The van der Waals surface area contributed by atoms with Crippen molar-refractivity contribution >= 4 is 5.82 Å². The molecule has 2 fully saturated rings. The van der Waals surface area contributed by atoms with Crippen LogP contribution in [-0.4, -0.2) is 44.9 Å². The molecule has 0 aromatic carbocycles. The van der Waals surface area contributed by atoms with Gasteiger partial charge in [0.15, 0.2) is 11.6 Å². The van der Waals surface area contributed by atoms with Crippen molar-refractivity contribution in [3.05, 3.63) is 34.4 Å². The van der Waals surface area contributed by atoms with Crippen LogP contribution in [0.2, 0.25) is 0 Å². The predicted molar refractivity (Wildman–Crippen MR) is 87.7 cm³/mol. The zero-order valence-electron chi connectivity index (χ0n) is 14.0. The number of rotatable bonds is 5. The van der Waals surface area contributed by atoms with E-state index < -0.39 is 0 Å². The number of anilines is 1. The smallest absolute Gasteiger partial charge is 0.255 e. The molecule has 2 aliphatic rings. The first kappa shape index (κ1) is 15.3. The maximum absolute atomic E-state index is 11.9. The summed E-state index contributed by atoms with van der Waals surface area (Å²) in [7, 11) is 3.36. The van der Waals surface area contributed by atoms with E-state index >= 15 is 0 Å². The molecule has 2 atom stereocenters. The highest BCUT2D eigenvalue weighted by Crippen LogP contribution is 2.47. The van der Waals surface area contributed by atoms with Gasteiger partial charge in [-0.2, -0.15) is 5.10 Å². The number of aromatic nitrogens is 5. The fourth-order valence-corrected chi connectivity index (χ4v) is 3.59. The summed E-state index contributed by atoms with van der Waals surface area (Å²) < 4.78 is 6.60. The molecule has 0 amide bonds. The van der Waals surface area contributed by atoms with E-state index in [1.165, 1.54) is 17.4 Å². The fraction of sp³-hybridized carbons (Fsp3) is 0.625. The highest BCUT2D eigenvalue weighted by Gasteiger charge is 2.45. The summed E-state index contributed by atoms with van der Waals surface area (Å²) in [5.74, 6) is 3.87. The van der Waals surface area contributed by atoms with Crippen molar-refractivity contribution < 1.29 is 4.74 Å². The van der Waals surface area contributed by atoms with E-state index in [0.717, 1.165) is 36.5 Å². The van der Waals surface area contributed by atoms with Gasteiger partial charge in [-0.3, -0.25) is 9.89 Å². The largest absolute Gasteiger partial charge is 0.377 e. The Morgan fingerprint density at radius 2 is 2.21 bits per heavy atom. The van der Waals surface area contributed by atoms with Crippen LogP contribution in [0, 0.1) is 11.8 Å². The van der Waals surface area contributed by atoms with Crippen molar-refractivity contribution in [2.45, 2.75) is 25.4 Å².